The van der Waals surface area contributed by atoms with Crippen LogP contribution in [0.3, 0.4) is 0 Å². The number of hydrogen-bond donors (Lipinski definition) is 1. The molecule has 5 heteroatoms. The molecule has 0 saturated carbocycles. The summed E-state index contributed by atoms with van der Waals surface area (Å²) >= 11 is 0. The molecule has 0 fully saturated rings. The second kappa shape index (κ2) is 3.93. The predicted octanol–water partition coefficient (Wildman–Crippen LogP) is 2.10. The van der Waals surface area contributed by atoms with E-state index in [9.17, 15) is 0 Å². The topological polar surface area (TPSA) is 55.9 Å². The molecule has 19 heavy (non-hydrogen) atoms. The van der Waals surface area contributed by atoms with Crippen LogP contribution in [0.4, 0.5) is 0 Å². The smallest absolute Gasteiger partial charge is 0.199 e. The highest BCUT2D eigenvalue weighted by Crippen LogP contribution is 2.28. The number of hydrogen-bond acceptors (Lipinski definition) is 4. The normalized spacial score (nSPS) is 14.8. The van der Waals surface area contributed by atoms with Crippen molar-refractivity contribution in [1.29, 1.82) is 0 Å². The molecule has 0 atom stereocenters. The van der Waals surface area contributed by atoms with Crippen LogP contribution >= 0.6 is 0 Å². The fourth-order valence-corrected chi connectivity index (χ4v) is 2.55. The summed E-state index contributed by atoms with van der Waals surface area (Å²) in [4.78, 5) is 0. The first-order valence-electron chi connectivity index (χ1n) is 6.44. The maximum atomic E-state index is 5.89. The summed E-state index contributed by atoms with van der Waals surface area (Å²) in [5.41, 5.74) is 2.12. The van der Waals surface area contributed by atoms with Gasteiger partial charge in [-0.25, -0.2) is 0 Å². The molecule has 0 saturated heterocycles. The van der Waals surface area contributed by atoms with Gasteiger partial charge in [0.25, 0.3) is 0 Å². The molecule has 0 aliphatic carbocycles. The van der Waals surface area contributed by atoms with Crippen LogP contribution in [0.5, 0.6) is 0 Å². The van der Waals surface area contributed by atoms with Gasteiger partial charge in [0.15, 0.2) is 11.6 Å². The van der Waals surface area contributed by atoms with E-state index in [1.165, 1.54) is 5.56 Å². The molecular weight excluding hydrogens is 240 g/mol. The van der Waals surface area contributed by atoms with Crippen LogP contribution in [0.25, 0.3) is 22.6 Å². The number of aromatic nitrogens is 3. The average molecular weight is 254 g/mol. The highest BCUT2D eigenvalue weighted by Gasteiger charge is 2.19. The van der Waals surface area contributed by atoms with Crippen LogP contribution < -0.4 is 5.32 Å². The minimum Gasteiger partial charge on any atom is -0.453 e. The lowest BCUT2D eigenvalue weighted by molar-refractivity contribution is 0.503. The first kappa shape index (κ1) is 10.8. The fourth-order valence-electron chi connectivity index (χ4n) is 2.55. The number of benzene rings is 1. The Morgan fingerprint density at radius 2 is 2.21 bits per heavy atom. The summed E-state index contributed by atoms with van der Waals surface area (Å²) in [7, 11) is 0. The molecule has 4 rings (SSSR count). The summed E-state index contributed by atoms with van der Waals surface area (Å²) in [6.07, 6.45) is 0. The quantitative estimate of drug-likeness (QED) is 0.722. The first-order valence-corrected chi connectivity index (χ1v) is 6.44. The lowest BCUT2D eigenvalue weighted by Crippen LogP contribution is -2.28. The number of aryl methyl sites for hydroxylation is 1. The molecule has 3 aromatic rings. The van der Waals surface area contributed by atoms with E-state index in [4.69, 9.17) is 4.42 Å². The van der Waals surface area contributed by atoms with E-state index in [0.717, 1.165) is 48.0 Å². The summed E-state index contributed by atoms with van der Waals surface area (Å²) in [5.74, 6) is 2.59. The lowest BCUT2D eigenvalue weighted by atomic mass is 10.2. The zero-order chi connectivity index (χ0) is 12.8. The summed E-state index contributed by atoms with van der Waals surface area (Å²) in [6, 6.07) is 8.22. The van der Waals surface area contributed by atoms with Crippen molar-refractivity contribution in [2.45, 2.75) is 20.0 Å². The molecular formula is C14H14N4O. The van der Waals surface area contributed by atoms with Crippen LogP contribution in [-0.4, -0.2) is 21.3 Å². The van der Waals surface area contributed by atoms with Crippen molar-refractivity contribution in [2.75, 3.05) is 6.54 Å². The van der Waals surface area contributed by atoms with Crippen molar-refractivity contribution in [3.63, 3.8) is 0 Å². The SMILES string of the molecule is Cc1ccc2oc(-c3nnc4n3CCNC4)cc2c1. The van der Waals surface area contributed by atoms with E-state index < -0.39 is 0 Å². The highest BCUT2D eigenvalue weighted by molar-refractivity contribution is 5.82. The molecule has 1 aromatic carbocycles. The number of rotatable bonds is 1. The van der Waals surface area contributed by atoms with Gasteiger partial charge < -0.3 is 14.3 Å². The predicted molar refractivity (Wildman–Crippen MR) is 71.7 cm³/mol. The third-order valence-corrected chi connectivity index (χ3v) is 3.51. The van der Waals surface area contributed by atoms with Crippen LogP contribution in [-0.2, 0) is 13.1 Å². The van der Waals surface area contributed by atoms with Gasteiger partial charge in [0.05, 0.1) is 6.54 Å². The number of nitrogens with one attached hydrogen (secondary N) is 1. The maximum Gasteiger partial charge on any atom is 0.199 e. The fraction of sp³-hybridized carbons (Fsp3) is 0.286. The molecule has 0 radical (unpaired) electrons. The van der Waals surface area contributed by atoms with Crippen molar-refractivity contribution in [2.24, 2.45) is 0 Å². The standard InChI is InChI=1S/C14H14N4O/c1-9-2-3-11-10(6-9)7-12(19-11)14-17-16-13-8-15-4-5-18(13)14/h2-3,6-7,15H,4-5,8H2,1H3. The first-order chi connectivity index (χ1) is 9.31. The Bertz CT molecular complexity index is 756. The van der Waals surface area contributed by atoms with E-state index in [1.807, 2.05) is 12.1 Å². The Morgan fingerprint density at radius 3 is 3.16 bits per heavy atom. The Balaban J connectivity index is 1.88. The Hall–Kier alpha value is -2.14. The van der Waals surface area contributed by atoms with E-state index in [2.05, 4.69) is 39.1 Å². The van der Waals surface area contributed by atoms with Crippen molar-refractivity contribution < 1.29 is 4.42 Å². The maximum absolute atomic E-state index is 5.89. The Morgan fingerprint density at radius 1 is 1.26 bits per heavy atom. The van der Waals surface area contributed by atoms with Gasteiger partial charge in [-0.15, -0.1) is 10.2 Å². The molecule has 2 aromatic heterocycles. The summed E-state index contributed by atoms with van der Waals surface area (Å²) in [5, 5.41) is 12.9. The molecule has 1 N–H and O–H groups in total. The molecule has 5 nitrogen and oxygen atoms in total. The summed E-state index contributed by atoms with van der Waals surface area (Å²) in [6.45, 7) is 4.67. The van der Waals surface area contributed by atoms with Gasteiger partial charge in [-0.3, -0.25) is 0 Å². The molecule has 1 aliphatic rings. The van der Waals surface area contributed by atoms with Gasteiger partial charge in [-0.05, 0) is 25.1 Å². The third kappa shape index (κ3) is 1.66. The Kier molecular flexibility index (Phi) is 2.22. The molecule has 0 spiro atoms. The van der Waals surface area contributed by atoms with Crippen molar-refractivity contribution in [1.82, 2.24) is 20.1 Å². The Labute approximate surface area is 110 Å². The second-order valence-corrected chi connectivity index (χ2v) is 4.92. The van der Waals surface area contributed by atoms with E-state index in [0.29, 0.717) is 0 Å². The largest absolute Gasteiger partial charge is 0.453 e. The van der Waals surface area contributed by atoms with Gasteiger partial charge in [0.1, 0.15) is 11.4 Å². The lowest BCUT2D eigenvalue weighted by Gasteiger charge is -2.14. The van der Waals surface area contributed by atoms with Crippen LogP contribution in [0.2, 0.25) is 0 Å². The third-order valence-electron chi connectivity index (χ3n) is 3.51. The van der Waals surface area contributed by atoms with Gasteiger partial charge in [0.2, 0.25) is 0 Å². The van der Waals surface area contributed by atoms with Gasteiger partial charge in [-0.1, -0.05) is 11.6 Å². The average Bonchev–Trinajstić information content (AvgIpc) is 3.00. The van der Waals surface area contributed by atoms with Gasteiger partial charge in [0, 0.05) is 18.5 Å². The van der Waals surface area contributed by atoms with Gasteiger partial charge >= 0.3 is 0 Å². The molecule has 0 amide bonds. The highest BCUT2D eigenvalue weighted by atomic mass is 16.3. The van der Waals surface area contributed by atoms with Crippen molar-refractivity contribution in [3.8, 4) is 11.6 Å². The molecule has 1 aliphatic heterocycles. The van der Waals surface area contributed by atoms with Crippen molar-refractivity contribution in [3.05, 3.63) is 35.7 Å². The molecule has 3 heterocycles. The number of furan rings is 1. The molecule has 0 bridgehead atoms. The zero-order valence-corrected chi connectivity index (χ0v) is 10.7. The minimum absolute atomic E-state index is 0.770. The monoisotopic (exact) mass is 254 g/mol. The van der Waals surface area contributed by atoms with Crippen LogP contribution in [0, 0.1) is 6.92 Å². The zero-order valence-electron chi connectivity index (χ0n) is 10.7. The van der Waals surface area contributed by atoms with Crippen molar-refractivity contribution >= 4 is 11.0 Å². The van der Waals surface area contributed by atoms with Crippen LogP contribution in [0.1, 0.15) is 11.4 Å². The van der Waals surface area contributed by atoms with E-state index >= 15 is 0 Å². The number of fused-ring (bicyclic) bond motifs is 2. The van der Waals surface area contributed by atoms with E-state index in [-0.39, 0.29) is 0 Å². The van der Waals surface area contributed by atoms with Gasteiger partial charge in [-0.2, -0.15) is 0 Å². The minimum atomic E-state index is 0.770. The van der Waals surface area contributed by atoms with Crippen LogP contribution in [0.15, 0.2) is 28.7 Å². The molecule has 0 unspecified atom stereocenters. The molecule has 96 valence electrons. The summed E-state index contributed by atoms with van der Waals surface area (Å²) < 4.78 is 8.02. The van der Waals surface area contributed by atoms with E-state index in [1.54, 1.807) is 0 Å². The second-order valence-electron chi connectivity index (χ2n) is 4.92. The number of nitrogens with zero attached hydrogens (tertiary/aromatic N) is 3.